The SMILES string of the molecule is Cc1cc(C(=O)Nc2ncn(Cc3ccc(Cl)cc3Cl)n2)nn1C. The van der Waals surface area contributed by atoms with Crippen LogP contribution < -0.4 is 5.32 Å². The minimum Gasteiger partial charge on any atom is -0.288 e. The quantitative estimate of drug-likeness (QED) is 0.771. The number of amides is 1. The van der Waals surface area contributed by atoms with E-state index in [1.165, 1.54) is 6.33 Å². The van der Waals surface area contributed by atoms with Gasteiger partial charge in [-0.3, -0.25) is 14.8 Å². The van der Waals surface area contributed by atoms with Gasteiger partial charge in [-0.25, -0.2) is 9.67 Å². The van der Waals surface area contributed by atoms with Crippen molar-refractivity contribution in [3.63, 3.8) is 0 Å². The second kappa shape index (κ2) is 6.62. The Morgan fingerprint density at radius 3 is 2.71 bits per heavy atom. The summed E-state index contributed by atoms with van der Waals surface area (Å²) in [6.45, 7) is 2.29. The third kappa shape index (κ3) is 3.58. The average Bonchev–Trinajstić information content (AvgIpc) is 3.09. The van der Waals surface area contributed by atoms with E-state index >= 15 is 0 Å². The number of aryl methyl sites for hydroxylation is 2. The maximum absolute atomic E-state index is 12.1. The van der Waals surface area contributed by atoms with Gasteiger partial charge in [-0.05, 0) is 30.7 Å². The van der Waals surface area contributed by atoms with E-state index in [2.05, 4.69) is 20.5 Å². The molecule has 1 N–H and O–H groups in total. The van der Waals surface area contributed by atoms with Crippen molar-refractivity contribution < 1.29 is 4.79 Å². The molecule has 0 spiro atoms. The van der Waals surface area contributed by atoms with Crippen molar-refractivity contribution in [2.75, 3.05) is 5.32 Å². The highest BCUT2D eigenvalue weighted by Gasteiger charge is 2.13. The predicted octanol–water partition coefficient (Wildman–Crippen LogP) is 2.93. The average molecular weight is 365 g/mol. The van der Waals surface area contributed by atoms with Gasteiger partial charge in [-0.15, -0.1) is 5.10 Å². The molecule has 9 heteroatoms. The van der Waals surface area contributed by atoms with E-state index in [1.54, 1.807) is 34.6 Å². The van der Waals surface area contributed by atoms with Crippen molar-refractivity contribution in [1.29, 1.82) is 0 Å². The summed E-state index contributed by atoms with van der Waals surface area (Å²) in [5.41, 5.74) is 2.05. The van der Waals surface area contributed by atoms with Crippen molar-refractivity contribution >= 4 is 35.1 Å². The lowest BCUT2D eigenvalue weighted by atomic mass is 10.2. The number of rotatable bonds is 4. The first-order chi connectivity index (χ1) is 11.4. The van der Waals surface area contributed by atoms with Gasteiger partial charge in [0.15, 0.2) is 5.69 Å². The summed E-state index contributed by atoms with van der Waals surface area (Å²) in [5, 5.41) is 12.1. The summed E-state index contributed by atoms with van der Waals surface area (Å²) < 4.78 is 3.21. The largest absolute Gasteiger partial charge is 0.288 e. The molecule has 0 aliphatic rings. The number of nitrogens with one attached hydrogen (secondary N) is 1. The first-order valence-corrected chi connectivity index (χ1v) is 7.83. The van der Waals surface area contributed by atoms with Crippen molar-refractivity contribution in [3.05, 3.63) is 57.6 Å². The van der Waals surface area contributed by atoms with Gasteiger partial charge in [0.25, 0.3) is 5.91 Å². The minimum absolute atomic E-state index is 0.202. The molecule has 0 saturated heterocycles. The zero-order chi connectivity index (χ0) is 17.3. The van der Waals surface area contributed by atoms with Crippen LogP contribution in [0.25, 0.3) is 0 Å². The van der Waals surface area contributed by atoms with Crippen LogP contribution >= 0.6 is 23.2 Å². The van der Waals surface area contributed by atoms with E-state index in [-0.39, 0.29) is 11.9 Å². The Hall–Kier alpha value is -2.38. The summed E-state index contributed by atoms with van der Waals surface area (Å²) in [6, 6.07) is 6.94. The molecule has 0 aliphatic carbocycles. The Morgan fingerprint density at radius 2 is 2.04 bits per heavy atom. The number of carbonyl (C=O) groups is 1. The van der Waals surface area contributed by atoms with E-state index < -0.39 is 0 Å². The third-order valence-corrected chi connectivity index (χ3v) is 4.04. The molecule has 0 atom stereocenters. The third-order valence-electron chi connectivity index (χ3n) is 3.46. The van der Waals surface area contributed by atoms with E-state index in [1.807, 2.05) is 13.0 Å². The molecular formula is C15H14Cl2N6O. The number of carbonyl (C=O) groups excluding carboxylic acids is 1. The molecule has 1 amide bonds. The van der Waals surface area contributed by atoms with Crippen molar-refractivity contribution in [2.24, 2.45) is 7.05 Å². The van der Waals surface area contributed by atoms with Crippen LogP contribution in [0.5, 0.6) is 0 Å². The Morgan fingerprint density at radius 1 is 1.25 bits per heavy atom. The summed E-state index contributed by atoms with van der Waals surface area (Å²) in [4.78, 5) is 16.2. The van der Waals surface area contributed by atoms with Gasteiger partial charge in [-0.1, -0.05) is 29.3 Å². The lowest BCUT2D eigenvalue weighted by Crippen LogP contribution is -2.14. The summed E-state index contributed by atoms with van der Waals surface area (Å²) in [5.74, 6) is -0.158. The number of aromatic nitrogens is 5. The fourth-order valence-electron chi connectivity index (χ4n) is 2.09. The predicted molar refractivity (Wildman–Crippen MR) is 91.5 cm³/mol. The lowest BCUT2D eigenvalue weighted by Gasteiger charge is -2.04. The number of halogens is 2. The van der Waals surface area contributed by atoms with Crippen LogP contribution in [-0.2, 0) is 13.6 Å². The van der Waals surface area contributed by atoms with Gasteiger partial charge in [0.05, 0.1) is 6.54 Å². The molecule has 3 aromatic rings. The molecule has 0 bridgehead atoms. The van der Waals surface area contributed by atoms with E-state index in [0.29, 0.717) is 22.3 Å². The Labute approximate surface area is 148 Å². The molecule has 24 heavy (non-hydrogen) atoms. The molecule has 1 aromatic carbocycles. The van der Waals surface area contributed by atoms with Gasteiger partial charge in [-0.2, -0.15) is 5.10 Å². The molecular weight excluding hydrogens is 351 g/mol. The van der Waals surface area contributed by atoms with Gasteiger partial charge >= 0.3 is 0 Å². The number of hydrogen-bond acceptors (Lipinski definition) is 4. The van der Waals surface area contributed by atoms with Crippen LogP contribution in [-0.4, -0.2) is 30.5 Å². The number of anilines is 1. The summed E-state index contributed by atoms with van der Waals surface area (Å²) in [7, 11) is 1.77. The molecule has 124 valence electrons. The fraction of sp³-hybridized carbons (Fsp3) is 0.200. The fourth-order valence-corrected chi connectivity index (χ4v) is 2.56. The van der Waals surface area contributed by atoms with Crippen LogP contribution in [0.1, 0.15) is 21.7 Å². The summed E-state index contributed by atoms with van der Waals surface area (Å²) in [6.07, 6.45) is 1.52. The van der Waals surface area contributed by atoms with Crippen LogP contribution in [0, 0.1) is 6.92 Å². The zero-order valence-corrected chi connectivity index (χ0v) is 14.5. The molecule has 2 aromatic heterocycles. The monoisotopic (exact) mass is 364 g/mol. The van der Waals surface area contributed by atoms with Crippen molar-refractivity contribution in [1.82, 2.24) is 24.5 Å². The Bertz CT molecular complexity index is 882. The molecule has 3 rings (SSSR count). The molecule has 7 nitrogen and oxygen atoms in total. The first kappa shape index (κ1) is 16.5. The highest BCUT2D eigenvalue weighted by atomic mass is 35.5. The normalized spacial score (nSPS) is 10.8. The van der Waals surface area contributed by atoms with Crippen molar-refractivity contribution in [2.45, 2.75) is 13.5 Å². The zero-order valence-electron chi connectivity index (χ0n) is 13.0. The highest BCUT2D eigenvalue weighted by Crippen LogP contribution is 2.21. The summed E-state index contributed by atoms with van der Waals surface area (Å²) >= 11 is 12.0. The lowest BCUT2D eigenvalue weighted by molar-refractivity contribution is 0.102. The number of hydrogen-bond donors (Lipinski definition) is 1. The maximum atomic E-state index is 12.1. The molecule has 2 heterocycles. The minimum atomic E-state index is -0.360. The standard InChI is InChI=1S/C15H14Cl2N6O/c1-9-5-13(20-22(9)2)14(24)19-15-18-8-23(21-15)7-10-3-4-11(16)6-12(10)17/h3-6,8H,7H2,1-2H3,(H,19,21,24). The van der Waals surface area contributed by atoms with Crippen LogP contribution in [0.15, 0.2) is 30.6 Å². The Kier molecular flexibility index (Phi) is 4.55. The molecule has 0 fully saturated rings. The van der Waals surface area contributed by atoms with Gasteiger partial charge in [0.2, 0.25) is 5.95 Å². The number of nitrogens with zero attached hydrogens (tertiary/aromatic N) is 5. The van der Waals surface area contributed by atoms with E-state index in [4.69, 9.17) is 23.2 Å². The second-order valence-electron chi connectivity index (χ2n) is 5.25. The highest BCUT2D eigenvalue weighted by molar-refractivity contribution is 6.35. The van der Waals surface area contributed by atoms with Gasteiger partial charge < -0.3 is 0 Å². The molecule has 0 unspecified atom stereocenters. The molecule has 0 radical (unpaired) electrons. The molecule has 0 aliphatic heterocycles. The smallest absolute Gasteiger partial charge is 0.278 e. The first-order valence-electron chi connectivity index (χ1n) is 7.08. The van der Waals surface area contributed by atoms with E-state index in [0.717, 1.165) is 11.3 Å². The van der Waals surface area contributed by atoms with Crippen LogP contribution in [0.3, 0.4) is 0 Å². The second-order valence-corrected chi connectivity index (χ2v) is 6.09. The Balaban J connectivity index is 1.70. The molecule has 0 saturated carbocycles. The maximum Gasteiger partial charge on any atom is 0.278 e. The topological polar surface area (TPSA) is 77.6 Å². The van der Waals surface area contributed by atoms with Crippen molar-refractivity contribution in [3.8, 4) is 0 Å². The van der Waals surface area contributed by atoms with Gasteiger partial charge in [0.1, 0.15) is 6.33 Å². The van der Waals surface area contributed by atoms with Crippen LogP contribution in [0.2, 0.25) is 10.0 Å². The van der Waals surface area contributed by atoms with Crippen LogP contribution in [0.4, 0.5) is 5.95 Å². The number of benzene rings is 1. The van der Waals surface area contributed by atoms with Gasteiger partial charge in [0, 0.05) is 22.8 Å². The van der Waals surface area contributed by atoms with E-state index in [9.17, 15) is 4.79 Å².